The molecule has 0 bridgehead atoms. The smallest absolute Gasteiger partial charge is 0.251 e. The molecule has 21 heavy (non-hydrogen) atoms. The molecular weight excluding hydrogens is 266 g/mol. The Labute approximate surface area is 126 Å². The van der Waals surface area contributed by atoms with Crippen LogP contribution in [0.4, 0.5) is 0 Å². The van der Waals surface area contributed by atoms with Gasteiger partial charge in [0.15, 0.2) is 0 Å². The minimum atomic E-state index is -0.123. The van der Waals surface area contributed by atoms with Crippen molar-refractivity contribution >= 4 is 5.91 Å². The molecule has 4 heteroatoms. The number of aliphatic hydroxyl groups excluding tert-OH is 2. The van der Waals surface area contributed by atoms with Crippen molar-refractivity contribution in [1.29, 1.82) is 0 Å². The fraction of sp³-hybridized carbons (Fsp3) is 0.588. The Morgan fingerprint density at radius 1 is 1.29 bits per heavy atom. The SMILES string of the molecule is CC1CC(CO)CCC1CNC(=O)c1ccccc1CO. The highest BCUT2D eigenvalue weighted by atomic mass is 16.3. The topological polar surface area (TPSA) is 69.6 Å². The van der Waals surface area contributed by atoms with Crippen LogP contribution < -0.4 is 5.32 Å². The summed E-state index contributed by atoms with van der Waals surface area (Å²) < 4.78 is 0. The van der Waals surface area contributed by atoms with Crippen molar-refractivity contribution in [2.24, 2.45) is 17.8 Å². The van der Waals surface area contributed by atoms with E-state index in [1.807, 2.05) is 12.1 Å². The molecule has 0 heterocycles. The Hall–Kier alpha value is -1.39. The van der Waals surface area contributed by atoms with E-state index in [0.29, 0.717) is 35.4 Å². The van der Waals surface area contributed by atoms with Crippen LogP contribution in [0.25, 0.3) is 0 Å². The van der Waals surface area contributed by atoms with Gasteiger partial charge in [0.25, 0.3) is 5.91 Å². The van der Waals surface area contributed by atoms with Crippen molar-refractivity contribution in [3.05, 3.63) is 35.4 Å². The number of hydrogen-bond donors (Lipinski definition) is 3. The van der Waals surface area contributed by atoms with Gasteiger partial charge in [-0.15, -0.1) is 0 Å². The molecule has 0 saturated heterocycles. The summed E-state index contributed by atoms with van der Waals surface area (Å²) in [6, 6.07) is 7.14. The zero-order chi connectivity index (χ0) is 15.2. The fourth-order valence-electron chi connectivity index (χ4n) is 3.24. The molecule has 0 aliphatic heterocycles. The summed E-state index contributed by atoms with van der Waals surface area (Å²) in [6.07, 6.45) is 3.12. The molecule has 3 N–H and O–H groups in total. The molecule has 1 fully saturated rings. The Balaban J connectivity index is 1.89. The Kier molecular flexibility index (Phi) is 5.76. The highest BCUT2D eigenvalue weighted by molar-refractivity contribution is 5.95. The number of amides is 1. The zero-order valence-electron chi connectivity index (χ0n) is 12.6. The number of carbonyl (C=O) groups excluding carboxylic acids is 1. The molecule has 1 aliphatic rings. The first-order valence-corrected chi connectivity index (χ1v) is 7.73. The third kappa shape index (κ3) is 4.05. The molecule has 0 spiro atoms. The predicted molar refractivity (Wildman–Crippen MR) is 81.8 cm³/mol. The average molecular weight is 291 g/mol. The van der Waals surface area contributed by atoms with E-state index in [0.717, 1.165) is 19.3 Å². The molecule has 116 valence electrons. The second kappa shape index (κ2) is 7.57. The molecule has 1 saturated carbocycles. The lowest BCUT2D eigenvalue weighted by molar-refractivity contribution is 0.0909. The van der Waals surface area contributed by atoms with Crippen LogP contribution in [-0.2, 0) is 6.61 Å². The average Bonchev–Trinajstić information content (AvgIpc) is 2.53. The standard InChI is InChI=1S/C17H25NO3/c1-12-8-13(10-19)6-7-14(12)9-18-17(21)16-5-3-2-4-15(16)11-20/h2-5,12-14,19-20H,6-11H2,1H3,(H,18,21). The van der Waals surface area contributed by atoms with Gasteiger partial charge >= 0.3 is 0 Å². The van der Waals surface area contributed by atoms with Gasteiger partial charge in [0, 0.05) is 18.7 Å². The predicted octanol–water partition coefficient (Wildman–Crippen LogP) is 1.95. The van der Waals surface area contributed by atoms with E-state index in [1.54, 1.807) is 12.1 Å². The summed E-state index contributed by atoms with van der Waals surface area (Å²) in [5.41, 5.74) is 1.21. The van der Waals surface area contributed by atoms with Gasteiger partial charge in [0.1, 0.15) is 0 Å². The van der Waals surface area contributed by atoms with Gasteiger partial charge < -0.3 is 15.5 Å². The van der Waals surface area contributed by atoms with Crippen LogP contribution in [0.3, 0.4) is 0 Å². The third-order valence-corrected chi connectivity index (χ3v) is 4.67. The maximum Gasteiger partial charge on any atom is 0.251 e. The van der Waals surface area contributed by atoms with Crippen molar-refractivity contribution in [2.45, 2.75) is 32.8 Å². The highest BCUT2D eigenvalue weighted by Crippen LogP contribution is 2.33. The molecule has 2 rings (SSSR count). The summed E-state index contributed by atoms with van der Waals surface area (Å²) in [7, 11) is 0. The highest BCUT2D eigenvalue weighted by Gasteiger charge is 2.27. The van der Waals surface area contributed by atoms with Crippen LogP contribution in [0.1, 0.15) is 42.1 Å². The van der Waals surface area contributed by atoms with Crippen LogP contribution >= 0.6 is 0 Å². The van der Waals surface area contributed by atoms with Crippen molar-refractivity contribution in [3.63, 3.8) is 0 Å². The van der Waals surface area contributed by atoms with E-state index in [4.69, 9.17) is 0 Å². The van der Waals surface area contributed by atoms with Gasteiger partial charge in [-0.3, -0.25) is 4.79 Å². The molecule has 1 amide bonds. The van der Waals surface area contributed by atoms with Crippen molar-refractivity contribution < 1.29 is 15.0 Å². The number of benzene rings is 1. The lowest BCUT2D eigenvalue weighted by Crippen LogP contribution is -2.35. The second-order valence-corrected chi connectivity index (χ2v) is 6.12. The number of rotatable bonds is 5. The van der Waals surface area contributed by atoms with Crippen molar-refractivity contribution in [1.82, 2.24) is 5.32 Å². The largest absolute Gasteiger partial charge is 0.396 e. The Morgan fingerprint density at radius 2 is 2.05 bits per heavy atom. The molecular formula is C17H25NO3. The Bertz CT molecular complexity index is 475. The summed E-state index contributed by atoms with van der Waals surface area (Å²) in [4.78, 5) is 12.2. The lowest BCUT2D eigenvalue weighted by Gasteiger charge is -2.33. The van der Waals surface area contributed by atoms with E-state index in [2.05, 4.69) is 12.2 Å². The monoisotopic (exact) mass is 291 g/mol. The molecule has 0 aromatic heterocycles. The first kappa shape index (κ1) is 16.0. The van der Waals surface area contributed by atoms with E-state index < -0.39 is 0 Å². The minimum absolute atomic E-state index is 0.115. The maximum absolute atomic E-state index is 12.2. The number of aliphatic hydroxyl groups is 2. The normalized spacial score (nSPS) is 25.6. The Morgan fingerprint density at radius 3 is 2.71 bits per heavy atom. The van der Waals surface area contributed by atoms with E-state index in [-0.39, 0.29) is 19.1 Å². The number of hydrogen-bond acceptors (Lipinski definition) is 3. The number of nitrogens with one attached hydrogen (secondary N) is 1. The quantitative estimate of drug-likeness (QED) is 0.776. The first-order chi connectivity index (χ1) is 10.2. The first-order valence-electron chi connectivity index (χ1n) is 7.73. The molecule has 1 aromatic carbocycles. The van der Waals surface area contributed by atoms with Gasteiger partial charge in [0.05, 0.1) is 6.61 Å². The molecule has 0 radical (unpaired) electrons. The maximum atomic E-state index is 12.2. The lowest BCUT2D eigenvalue weighted by atomic mass is 9.75. The van der Waals surface area contributed by atoms with Crippen molar-refractivity contribution in [3.8, 4) is 0 Å². The summed E-state index contributed by atoms with van der Waals surface area (Å²) in [5, 5.41) is 21.5. The second-order valence-electron chi connectivity index (χ2n) is 6.12. The molecule has 1 aromatic rings. The molecule has 4 nitrogen and oxygen atoms in total. The van der Waals surface area contributed by atoms with Crippen molar-refractivity contribution in [2.75, 3.05) is 13.2 Å². The summed E-state index contributed by atoms with van der Waals surface area (Å²) in [6.45, 7) is 3.01. The van der Waals surface area contributed by atoms with E-state index in [1.165, 1.54) is 0 Å². The molecule has 1 aliphatic carbocycles. The minimum Gasteiger partial charge on any atom is -0.396 e. The van der Waals surface area contributed by atoms with Crippen LogP contribution in [0.5, 0.6) is 0 Å². The van der Waals surface area contributed by atoms with Crippen LogP contribution in [0.15, 0.2) is 24.3 Å². The molecule has 3 unspecified atom stereocenters. The van der Waals surface area contributed by atoms with Gasteiger partial charge in [0.2, 0.25) is 0 Å². The van der Waals surface area contributed by atoms with Gasteiger partial charge in [-0.1, -0.05) is 25.1 Å². The van der Waals surface area contributed by atoms with E-state index >= 15 is 0 Å². The van der Waals surface area contributed by atoms with Crippen LogP contribution in [0, 0.1) is 17.8 Å². The van der Waals surface area contributed by atoms with Crippen LogP contribution in [-0.4, -0.2) is 29.3 Å². The molecule has 3 atom stereocenters. The van der Waals surface area contributed by atoms with Crippen LogP contribution in [0.2, 0.25) is 0 Å². The summed E-state index contributed by atoms with van der Waals surface area (Å²) in [5.74, 6) is 1.29. The summed E-state index contributed by atoms with van der Waals surface area (Å²) >= 11 is 0. The van der Waals surface area contributed by atoms with Gasteiger partial charge in [-0.05, 0) is 48.6 Å². The fourth-order valence-corrected chi connectivity index (χ4v) is 3.24. The number of carbonyl (C=O) groups is 1. The zero-order valence-corrected chi connectivity index (χ0v) is 12.6. The van der Waals surface area contributed by atoms with E-state index in [9.17, 15) is 15.0 Å². The third-order valence-electron chi connectivity index (χ3n) is 4.67. The van der Waals surface area contributed by atoms with Gasteiger partial charge in [-0.2, -0.15) is 0 Å². The van der Waals surface area contributed by atoms with Gasteiger partial charge in [-0.25, -0.2) is 0 Å².